The summed E-state index contributed by atoms with van der Waals surface area (Å²) in [5.74, 6) is 0.676. The molecule has 0 aromatic carbocycles. The van der Waals surface area contributed by atoms with E-state index in [-0.39, 0.29) is 11.9 Å². The first-order valence-electron chi connectivity index (χ1n) is 6.18. The second kappa shape index (κ2) is 6.12. The minimum absolute atomic E-state index is 0.0126. The lowest BCUT2D eigenvalue weighted by molar-refractivity contribution is -0.130. The largest absolute Gasteiger partial charge is 0.353 e. The van der Waals surface area contributed by atoms with E-state index in [1.54, 1.807) is 11.3 Å². The summed E-state index contributed by atoms with van der Waals surface area (Å²) < 4.78 is 1.04. The topological polar surface area (TPSA) is 45.2 Å². The van der Waals surface area contributed by atoms with Crippen LogP contribution >= 0.6 is 27.3 Å². The second-order valence-electron chi connectivity index (χ2n) is 4.96. The standard InChI is InChI=1S/C12H18BrN3OS/c1-8(2)5-9-12(17)14-3-4-16(9)7-11-15-6-10(13)18-11/h6,8-9H,3-5,7H2,1-2H3,(H,14,17)/t9-/m1/s1. The number of thiazole rings is 1. The van der Waals surface area contributed by atoms with Gasteiger partial charge >= 0.3 is 0 Å². The molecule has 0 radical (unpaired) electrons. The summed E-state index contributed by atoms with van der Waals surface area (Å²) in [6.45, 7) is 6.71. The molecule has 2 rings (SSSR count). The number of hydrogen-bond acceptors (Lipinski definition) is 4. The molecular formula is C12H18BrN3OS. The zero-order valence-electron chi connectivity index (χ0n) is 10.6. The normalized spacial score (nSPS) is 21.3. The van der Waals surface area contributed by atoms with Crippen LogP contribution in [0.1, 0.15) is 25.3 Å². The molecule has 100 valence electrons. The summed E-state index contributed by atoms with van der Waals surface area (Å²) in [5.41, 5.74) is 0. The zero-order valence-corrected chi connectivity index (χ0v) is 13.1. The lowest BCUT2D eigenvalue weighted by Gasteiger charge is -2.35. The molecule has 1 atom stereocenters. The number of hydrogen-bond donors (Lipinski definition) is 1. The Labute approximate surface area is 120 Å². The van der Waals surface area contributed by atoms with Gasteiger partial charge in [0.15, 0.2) is 0 Å². The molecule has 6 heteroatoms. The summed E-state index contributed by atoms with van der Waals surface area (Å²) in [6.07, 6.45) is 2.72. The van der Waals surface area contributed by atoms with E-state index in [9.17, 15) is 4.79 Å². The molecule has 18 heavy (non-hydrogen) atoms. The van der Waals surface area contributed by atoms with E-state index >= 15 is 0 Å². The Morgan fingerprint density at radius 1 is 1.67 bits per heavy atom. The van der Waals surface area contributed by atoms with Crippen LogP contribution < -0.4 is 5.32 Å². The van der Waals surface area contributed by atoms with Crippen LogP contribution in [0.3, 0.4) is 0 Å². The number of aromatic nitrogens is 1. The molecule has 0 unspecified atom stereocenters. The van der Waals surface area contributed by atoms with Crippen molar-refractivity contribution >= 4 is 33.2 Å². The maximum absolute atomic E-state index is 12.0. The van der Waals surface area contributed by atoms with Gasteiger partial charge in [0.1, 0.15) is 5.01 Å². The van der Waals surface area contributed by atoms with Crippen LogP contribution in [0.25, 0.3) is 0 Å². The maximum atomic E-state index is 12.0. The lowest BCUT2D eigenvalue weighted by Crippen LogP contribution is -2.55. The van der Waals surface area contributed by atoms with E-state index in [0.29, 0.717) is 5.92 Å². The van der Waals surface area contributed by atoms with Crippen LogP contribution in [0.2, 0.25) is 0 Å². The SMILES string of the molecule is CC(C)C[C@@H]1C(=O)NCCN1Cc1ncc(Br)s1. The molecule has 0 bridgehead atoms. The third-order valence-electron chi connectivity index (χ3n) is 3.00. The highest BCUT2D eigenvalue weighted by molar-refractivity contribution is 9.11. The minimum atomic E-state index is -0.0126. The van der Waals surface area contributed by atoms with Crippen LogP contribution in [-0.4, -0.2) is 34.9 Å². The van der Waals surface area contributed by atoms with Crippen molar-refractivity contribution in [2.75, 3.05) is 13.1 Å². The number of halogens is 1. The van der Waals surface area contributed by atoms with Crippen LogP contribution in [0.4, 0.5) is 0 Å². The molecule has 4 nitrogen and oxygen atoms in total. The van der Waals surface area contributed by atoms with Crippen molar-refractivity contribution in [3.8, 4) is 0 Å². The Morgan fingerprint density at radius 3 is 3.06 bits per heavy atom. The van der Waals surface area contributed by atoms with E-state index in [4.69, 9.17) is 0 Å². The fourth-order valence-corrected chi connectivity index (χ4v) is 3.52. The van der Waals surface area contributed by atoms with Gasteiger partial charge in [-0.2, -0.15) is 0 Å². The monoisotopic (exact) mass is 331 g/mol. The van der Waals surface area contributed by atoms with Crippen LogP contribution in [0.15, 0.2) is 9.98 Å². The third-order valence-corrected chi connectivity index (χ3v) is 4.46. The number of carbonyl (C=O) groups is 1. The average Bonchev–Trinajstić information content (AvgIpc) is 2.69. The maximum Gasteiger partial charge on any atom is 0.237 e. The molecule has 2 heterocycles. The van der Waals surface area contributed by atoms with Crippen LogP contribution in [-0.2, 0) is 11.3 Å². The lowest BCUT2D eigenvalue weighted by atomic mass is 10.00. The van der Waals surface area contributed by atoms with E-state index in [0.717, 1.165) is 34.8 Å². The van der Waals surface area contributed by atoms with Crippen molar-refractivity contribution in [2.45, 2.75) is 32.9 Å². The second-order valence-corrected chi connectivity index (χ2v) is 7.46. The van der Waals surface area contributed by atoms with E-state index in [1.165, 1.54) is 0 Å². The number of carbonyl (C=O) groups excluding carboxylic acids is 1. The van der Waals surface area contributed by atoms with Gasteiger partial charge in [0.25, 0.3) is 0 Å². The first kappa shape index (κ1) is 14.0. The Hall–Kier alpha value is -0.460. The molecule has 1 saturated heterocycles. The molecule has 0 saturated carbocycles. The van der Waals surface area contributed by atoms with Gasteiger partial charge in [0.05, 0.1) is 22.6 Å². The van der Waals surface area contributed by atoms with E-state index in [1.807, 2.05) is 6.20 Å². The first-order valence-corrected chi connectivity index (χ1v) is 7.79. The van der Waals surface area contributed by atoms with Crippen molar-refractivity contribution in [3.63, 3.8) is 0 Å². The number of nitrogens with zero attached hydrogens (tertiary/aromatic N) is 2. The smallest absolute Gasteiger partial charge is 0.237 e. The fourth-order valence-electron chi connectivity index (χ4n) is 2.19. The molecule has 0 aliphatic carbocycles. The van der Waals surface area contributed by atoms with Gasteiger partial charge in [0.2, 0.25) is 5.91 Å². The van der Waals surface area contributed by atoms with Gasteiger partial charge in [-0.05, 0) is 28.3 Å². The minimum Gasteiger partial charge on any atom is -0.353 e. The molecule has 1 fully saturated rings. The average molecular weight is 332 g/mol. The summed E-state index contributed by atoms with van der Waals surface area (Å²) in [5, 5.41) is 4.01. The molecule has 1 aromatic rings. The molecule has 1 amide bonds. The van der Waals surface area contributed by atoms with Crippen LogP contribution in [0, 0.1) is 5.92 Å². The number of amides is 1. The van der Waals surface area contributed by atoms with Crippen molar-refractivity contribution in [1.82, 2.24) is 15.2 Å². The van der Waals surface area contributed by atoms with Gasteiger partial charge in [-0.15, -0.1) is 11.3 Å². The summed E-state index contributed by atoms with van der Waals surface area (Å²) in [7, 11) is 0. The number of nitrogens with one attached hydrogen (secondary N) is 1. The molecule has 1 aromatic heterocycles. The fraction of sp³-hybridized carbons (Fsp3) is 0.667. The first-order chi connectivity index (χ1) is 8.56. The summed E-state index contributed by atoms with van der Waals surface area (Å²) in [4.78, 5) is 18.5. The number of piperazine rings is 1. The molecule has 0 spiro atoms. The number of rotatable bonds is 4. The van der Waals surface area contributed by atoms with Gasteiger partial charge in [-0.1, -0.05) is 13.8 Å². The van der Waals surface area contributed by atoms with E-state index < -0.39 is 0 Å². The van der Waals surface area contributed by atoms with Gasteiger partial charge in [-0.25, -0.2) is 4.98 Å². The molecule has 1 N–H and O–H groups in total. The van der Waals surface area contributed by atoms with Crippen molar-refractivity contribution in [1.29, 1.82) is 0 Å². The highest BCUT2D eigenvalue weighted by Gasteiger charge is 2.30. The quantitative estimate of drug-likeness (QED) is 0.920. The molecular weight excluding hydrogens is 314 g/mol. The van der Waals surface area contributed by atoms with Crippen molar-refractivity contribution < 1.29 is 4.79 Å². The van der Waals surface area contributed by atoms with Crippen molar-refractivity contribution in [3.05, 3.63) is 15.0 Å². The summed E-state index contributed by atoms with van der Waals surface area (Å²) >= 11 is 5.06. The predicted molar refractivity (Wildman–Crippen MR) is 76.5 cm³/mol. The van der Waals surface area contributed by atoms with Gasteiger partial charge in [0, 0.05) is 13.1 Å². The molecule has 1 aliphatic heterocycles. The Bertz CT molecular complexity index is 421. The van der Waals surface area contributed by atoms with Gasteiger partial charge in [-0.3, -0.25) is 9.69 Å². The van der Waals surface area contributed by atoms with Crippen molar-refractivity contribution in [2.24, 2.45) is 5.92 Å². The Balaban J connectivity index is 2.05. The third kappa shape index (κ3) is 3.52. The highest BCUT2D eigenvalue weighted by Crippen LogP contribution is 2.23. The predicted octanol–water partition coefficient (Wildman–Crippen LogP) is 2.25. The Kier molecular flexibility index (Phi) is 4.75. The summed E-state index contributed by atoms with van der Waals surface area (Å²) in [6, 6.07) is -0.0126. The van der Waals surface area contributed by atoms with Gasteiger partial charge < -0.3 is 5.32 Å². The van der Waals surface area contributed by atoms with E-state index in [2.05, 4.69) is 45.0 Å². The molecule has 1 aliphatic rings. The Morgan fingerprint density at radius 2 is 2.44 bits per heavy atom. The highest BCUT2D eigenvalue weighted by atomic mass is 79.9. The zero-order chi connectivity index (χ0) is 13.1. The van der Waals surface area contributed by atoms with Crippen LogP contribution in [0.5, 0.6) is 0 Å².